The Bertz CT molecular complexity index is 773. The summed E-state index contributed by atoms with van der Waals surface area (Å²) in [5.41, 5.74) is 2.60. The van der Waals surface area contributed by atoms with E-state index in [1.807, 2.05) is 43.3 Å². The van der Waals surface area contributed by atoms with E-state index < -0.39 is 0 Å². The summed E-state index contributed by atoms with van der Waals surface area (Å²) in [6, 6.07) is 17.9. The first-order chi connectivity index (χ1) is 11.2. The number of anilines is 3. The third-order valence-electron chi connectivity index (χ3n) is 3.25. The quantitative estimate of drug-likeness (QED) is 0.730. The van der Waals surface area contributed by atoms with Crippen molar-refractivity contribution in [3.63, 3.8) is 0 Å². The fourth-order valence-corrected chi connectivity index (χ4v) is 2.19. The van der Waals surface area contributed by atoms with Crippen molar-refractivity contribution < 1.29 is 4.39 Å². The molecule has 5 heteroatoms. The van der Waals surface area contributed by atoms with Crippen LogP contribution in [0.4, 0.5) is 21.8 Å². The molecule has 23 heavy (non-hydrogen) atoms. The molecular weight excluding hydrogens is 291 g/mol. The lowest BCUT2D eigenvalue weighted by atomic mass is 10.1. The van der Waals surface area contributed by atoms with E-state index in [4.69, 9.17) is 0 Å². The fourth-order valence-electron chi connectivity index (χ4n) is 2.19. The van der Waals surface area contributed by atoms with Gasteiger partial charge in [0.1, 0.15) is 11.6 Å². The van der Waals surface area contributed by atoms with Gasteiger partial charge in [-0.1, -0.05) is 30.3 Å². The minimum absolute atomic E-state index is 0.267. The zero-order valence-electron chi connectivity index (χ0n) is 12.8. The number of hydrogen-bond donors (Lipinski definition) is 2. The molecule has 0 spiro atoms. The van der Waals surface area contributed by atoms with Crippen LogP contribution >= 0.6 is 0 Å². The second-order valence-corrected chi connectivity index (χ2v) is 4.99. The Morgan fingerprint density at radius 2 is 1.70 bits per heavy atom. The lowest BCUT2D eigenvalue weighted by Gasteiger charge is -2.11. The number of hydrogen-bond acceptors (Lipinski definition) is 4. The van der Waals surface area contributed by atoms with Crippen LogP contribution in [-0.4, -0.2) is 16.5 Å². The minimum atomic E-state index is -0.267. The summed E-state index contributed by atoms with van der Waals surface area (Å²) in [5, 5.41) is 6.31. The van der Waals surface area contributed by atoms with Crippen LogP contribution in [-0.2, 0) is 0 Å². The molecule has 0 radical (unpaired) electrons. The zero-order chi connectivity index (χ0) is 16.1. The third-order valence-corrected chi connectivity index (χ3v) is 3.25. The molecule has 3 rings (SSSR count). The minimum Gasteiger partial charge on any atom is -0.354 e. The van der Waals surface area contributed by atoms with E-state index in [0.717, 1.165) is 23.5 Å². The SMILES string of the molecule is CCNc1nc(Nc2ccc(F)cc2)cc(-c2ccccc2)n1. The molecular formula is C18H17FN4. The molecule has 2 aromatic carbocycles. The Labute approximate surface area is 134 Å². The van der Waals surface area contributed by atoms with Crippen molar-refractivity contribution in [2.75, 3.05) is 17.2 Å². The van der Waals surface area contributed by atoms with Gasteiger partial charge in [-0.05, 0) is 31.2 Å². The summed E-state index contributed by atoms with van der Waals surface area (Å²) < 4.78 is 13.0. The highest BCUT2D eigenvalue weighted by molar-refractivity contribution is 5.67. The van der Waals surface area contributed by atoms with Gasteiger partial charge in [0.15, 0.2) is 0 Å². The maximum Gasteiger partial charge on any atom is 0.225 e. The van der Waals surface area contributed by atoms with Crippen LogP contribution in [0.1, 0.15) is 6.92 Å². The first-order valence-electron chi connectivity index (χ1n) is 7.45. The predicted molar refractivity (Wildman–Crippen MR) is 91.3 cm³/mol. The normalized spacial score (nSPS) is 10.3. The van der Waals surface area contributed by atoms with Crippen LogP contribution in [0, 0.1) is 5.82 Å². The largest absolute Gasteiger partial charge is 0.354 e. The van der Waals surface area contributed by atoms with Crippen molar-refractivity contribution in [1.29, 1.82) is 0 Å². The molecule has 4 nitrogen and oxygen atoms in total. The van der Waals surface area contributed by atoms with Gasteiger partial charge in [0.05, 0.1) is 5.69 Å². The highest BCUT2D eigenvalue weighted by atomic mass is 19.1. The van der Waals surface area contributed by atoms with Gasteiger partial charge in [0, 0.05) is 23.9 Å². The number of rotatable bonds is 5. The summed E-state index contributed by atoms with van der Waals surface area (Å²) >= 11 is 0. The lowest BCUT2D eigenvalue weighted by molar-refractivity contribution is 0.628. The number of halogens is 1. The van der Waals surface area contributed by atoms with Crippen molar-refractivity contribution in [3.05, 3.63) is 66.5 Å². The van der Waals surface area contributed by atoms with Gasteiger partial charge in [-0.15, -0.1) is 0 Å². The predicted octanol–water partition coefficient (Wildman–Crippen LogP) is 4.46. The average Bonchev–Trinajstić information content (AvgIpc) is 2.58. The van der Waals surface area contributed by atoms with Crippen molar-refractivity contribution in [2.24, 2.45) is 0 Å². The van der Waals surface area contributed by atoms with Crippen LogP contribution < -0.4 is 10.6 Å². The fraction of sp³-hybridized carbons (Fsp3) is 0.111. The van der Waals surface area contributed by atoms with E-state index >= 15 is 0 Å². The molecule has 0 saturated heterocycles. The summed E-state index contributed by atoms with van der Waals surface area (Å²) in [5.74, 6) is 0.941. The topological polar surface area (TPSA) is 49.8 Å². The standard InChI is InChI=1S/C18H17FN4/c1-2-20-18-22-16(13-6-4-3-5-7-13)12-17(23-18)21-15-10-8-14(19)9-11-15/h3-12H,2H2,1H3,(H2,20,21,22,23). The van der Waals surface area contributed by atoms with Gasteiger partial charge in [-0.3, -0.25) is 0 Å². The summed E-state index contributed by atoms with van der Waals surface area (Å²) in [7, 11) is 0. The Morgan fingerprint density at radius 1 is 0.957 bits per heavy atom. The van der Waals surface area contributed by atoms with E-state index in [0.29, 0.717) is 11.8 Å². The first-order valence-corrected chi connectivity index (χ1v) is 7.45. The van der Waals surface area contributed by atoms with Crippen LogP contribution in [0.3, 0.4) is 0 Å². The smallest absolute Gasteiger partial charge is 0.225 e. The van der Waals surface area contributed by atoms with Gasteiger partial charge in [0.25, 0.3) is 0 Å². The van der Waals surface area contributed by atoms with Gasteiger partial charge >= 0.3 is 0 Å². The molecule has 1 aromatic heterocycles. The van der Waals surface area contributed by atoms with Crippen LogP contribution in [0.2, 0.25) is 0 Å². The van der Waals surface area contributed by atoms with Gasteiger partial charge in [0.2, 0.25) is 5.95 Å². The first kappa shape index (κ1) is 15.0. The third kappa shape index (κ3) is 3.83. The van der Waals surface area contributed by atoms with Crippen molar-refractivity contribution in [2.45, 2.75) is 6.92 Å². The van der Waals surface area contributed by atoms with Crippen molar-refractivity contribution in [3.8, 4) is 11.3 Å². The molecule has 0 aliphatic carbocycles. The molecule has 3 aromatic rings. The number of nitrogens with zero attached hydrogens (tertiary/aromatic N) is 2. The molecule has 0 amide bonds. The average molecular weight is 308 g/mol. The maximum absolute atomic E-state index is 13.0. The monoisotopic (exact) mass is 308 g/mol. The number of benzene rings is 2. The molecule has 0 aliphatic rings. The van der Waals surface area contributed by atoms with Gasteiger partial charge < -0.3 is 10.6 Å². The Morgan fingerprint density at radius 3 is 2.39 bits per heavy atom. The van der Waals surface area contributed by atoms with E-state index in [-0.39, 0.29) is 5.82 Å². The van der Waals surface area contributed by atoms with E-state index in [1.165, 1.54) is 12.1 Å². The number of nitrogens with one attached hydrogen (secondary N) is 2. The van der Waals surface area contributed by atoms with E-state index in [2.05, 4.69) is 20.6 Å². The molecule has 2 N–H and O–H groups in total. The molecule has 0 aliphatic heterocycles. The molecule has 0 unspecified atom stereocenters. The van der Waals surface area contributed by atoms with Gasteiger partial charge in [-0.25, -0.2) is 9.37 Å². The maximum atomic E-state index is 13.0. The summed E-state index contributed by atoms with van der Waals surface area (Å²) in [6.07, 6.45) is 0. The Balaban J connectivity index is 1.95. The molecule has 0 atom stereocenters. The second kappa shape index (κ2) is 6.87. The molecule has 116 valence electrons. The van der Waals surface area contributed by atoms with Crippen LogP contribution in [0.5, 0.6) is 0 Å². The zero-order valence-corrected chi connectivity index (χ0v) is 12.8. The van der Waals surface area contributed by atoms with E-state index in [1.54, 1.807) is 12.1 Å². The van der Waals surface area contributed by atoms with Crippen LogP contribution in [0.25, 0.3) is 11.3 Å². The molecule has 0 fully saturated rings. The highest BCUT2D eigenvalue weighted by Gasteiger charge is 2.06. The van der Waals surface area contributed by atoms with E-state index in [9.17, 15) is 4.39 Å². The van der Waals surface area contributed by atoms with Gasteiger partial charge in [-0.2, -0.15) is 4.98 Å². The highest BCUT2D eigenvalue weighted by Crippen LogP contribution is 2.23. The molecule has 0 bridgehead atoms. The summed E-state index contributed by atoms with van der Waals surface area (Å²) in [6.45, 7) is 2.72. The molecule has 0 saturated carbocycles. The lowest BCUT2D eigenvalue weighted by Crippen LogP contribution is -2.05. The summed E-state index contributed by atoms with van der Waals surface area (Å²) in [4.78, 5) is 8.97. The van der Waals surface area contributed by atoms with Crippen molar-refractivity contribution >= 4 is 17.5 Å². The Kier molecular flexibility index (Phi) is 4.47. The van der Waals surface area contributed by atoms with Crippen LogP contribution in [0.15, 0.2) is 60.7 Å². The molecule has 1 heterocycles. The van der Waals surface area contributed by atoms with Crippen molar-refractivity contribution in [1.82, 2.24) is 9.97 Å². The second-order valence-electron chi connectivity index (χ2n) is 4.99. The number of aromatic nitrogens is 2. The Hall–Kier alpha value is -2.95.